The summed E-state index contributed by atoms with van der Waals surface area (Å²) in [5.41, 5.74) is 1.95. The molecule has 0 amide bonds. The highest BCUT2D eigenvalue weighted by Gasteiger charge is 2.09. The number of carbonyl (C=O) groups excluding carboxylic acids is 1. The third kappa shape index (κ3) is 7.41. The van der Waals surface area contributed by atoms with E-state index in [4.69, 9.17) is 9.47 Å². The predicted molar refractivity (Wildman–Crippen MR) is 99.4 cm³/mol. The number of ether oxygens (including phenoxy) is 2. The Kier molecular flexibility index (Phi) is 8.18. The number of aryl methyl sites for hydroxylation is 2. The summed E-state index contributed by atoms with van der Waals surface area (Å²) in [6.07, 6.45) is 3.44. The van der Waals surface area contributed by atoms with Crippen molar-refractivity contribution in [3.63, 3.8) is 0 Å². The van der Waals surface area contributed by atoms with Crippen molar-refractivity contribution >= 4 is 5.91 Å². The molecule has 2 rings (SSSR count). The predicted octanol–water partition coefficient (Wildman–Crippen LogP) is 3.89. The van der Waals surface area contributed by atoms with E-state index >= 15 is 0 Å². The van der Waals surface area contributed by atoms with Gasteiger partial charge in [0.1, 0.15) is 0 Å². The maximum absolute atomic E-state index is 11.0. The molecule has 1 N–H and O–H groups in total. The Hall–Kier alpha value is -2.31. The van der Waals surface area contributed by atoms with Crippen LogP contribution < -0.4 is 9.47 Å². The average molecular weight is 352 g/mol. The highest BCUT2D eigenvalue weighted by Crippen LogP contribution is 2.15. The van der Waals surface area contributed by atoms with Crippen molar-refractivity contribution < 1.29 is 15.7 Å². The van der Waals surface area contributed by atoms with E-state index in [0.717, 1.165) is 23.6 Å². The largest absolute Gasteiger partial charge is 0.478 e. The molecule has 0 aliphatic rings. The normalized spacial score (nSPS) is 10.6. The van der Waals surface area contributed by atoms with Crippen molar-refractivity contribution in [2.45, 2.75) is 48.5 Å². The Bertz CT molecular complexity index is 665. The van der Waals surface area contributed by atoms with E-state index in [-0.39, 0.29) is 7.33 Å². The van der Waals surface area contributed by atoms with Gasteiger partial charge < -0.3 is 9.47 Å². The minimum absolute atomic E-state index is 0. The monoisotopic (exact) mass is 352 g/mol. The summed E-state index contributed by atoms with van der Waals surface area (Å²) in [7, 11) is 0. The number of aromatic amines is 1. The number of H-pyrrole nitrogens is 1. The molecule has 142 valence electrons. The summed E-state index contributed by atoms with van der Waals surface area (Å²) in [5.74, 6) is 2.25. The SMILES string of the molecule is CC(=O)n1cc(C)c(OCC(C)C)n1.Cc1cn[nH]c1OCC(C)C.[HH]. The smallest absolute Gasteiger partial charge is 0.243 e. The van der Waals surface area contributed by atoms with Gasteiger partial charge in [-0.2, -0.15) is 5.10 Å². The fourth-order valence-electron chi connectivity index (χ4n) is 1.72. The Morgan fingerprint density at radius 1 is 1.16 bits per heavy atom. The molecule has 2 aromatic heterocycles. The lowest BCUT2D eigenvalue weighted by Gasteiger charge is -2.06. The van der Waals surface area contributed by atoms with E-state index < -0.39 is 0 Å². The number of nitrogens with one attached hydrogen (secondary N) is 1. The number of aromatic nitrogens is 4. The van der Waals surface area contributed by atoms with Crippen LogP contribution in [-0.4, -0.2) is 39.1 Å². The minimum Gasteiger partial charge on any atom is -0.478 e. The zero-order chi connectivity index (χ0) is 19.0. The van der Waals surface area contributed by atoms with Gasteiger partial charge in [0.15, 0.2) is 0 Å². The molecular weight excluding hydrogens is 320 g/mol. The second kappa shape index (κ2) is 9.86. The van der Waals surface area contributed by atoms with Gasteiger partial charge in [0.2, 0.25) is 17.7 Å². The van der Waals surface area contributed by atoms with Crippen LogP contribution in [0.1, 0.15) is 52.0 Å². The summed E-state index contributed by atoms with van der Waals surface area (Å²) < 4.78 is 12.2. The van der Waals surface area contributed by atoms with Gasteiger partial charge >= 0.3 is 0 Å². The molecule has 0 fully saturated rings. The van der Waals surface area contributed by atoms with Crippen LogP contribution in [0.5, 0.6) is 11.8 Å². The molecule has 0 aliphatic heterocycles. The molecular formula is C18H32N4O3. The van der Waals surface area contributed by atoms with E-state index in [1.165, 1.54) is 11.6 Å². The zero-order valence-electron chi connectivity index (χ0n) is 16.3. The fourth-order valence-corrected chi connectivity index (χ4v) is 1.72. The molecule has 0 aliphatic carbocycles. The molecule has 0 spiro atoms. The maximum atomic E-state index is 11.0. The standard InChI is InChI=1S/C10H16N2O2.C8H14N2O.H2/c1-7(2)6-14-10-8(3)5-12(11-10)9(4)13;1-6(2)5-11-8-7(3)4-9-10-8;/h5,7H,6H2,1-4H3;4,6H,5H2,1-3H3,(H,9,10);1H. The molecule has 0 atom stereocenters. The number of nitrogens with zero attached hydrogens (tertiary/aromatic N) is 3. The maximum Gasteiger partial charge on any atom is 0.243 e. The van der Waals surface area contributed by atoms with Crippen LogP contribution in [0.15, 0.2) is 12.4 Å². The third-order valence-corrected chi connectivity index (χ3v) is 3.07. The van der Waals surface area contributed by atoms with Crippen LogP contribution in [0.2, 0.25) is 0 Å². The van der Waals surface area contributed by atoms with Crippen molar-refractivity contribution in [3.8, 4) is 11.8 Å². The molecule has 7 nitrogen and oxygen atoms in total. The molecule has 0 radical (unpaired) electrons. The third-order valence-electron chi connectivity index (χ3n) is 3.07. The van der Waals surface area contributed by atoms with Gasteiger partial charge in [0, 0.05) is 25.7 Å². The van der Waals surface area contributed by atoms with Crippen LogP contribution in [0.3, 0.4) is 0 Å². The minimum atomic E-state index is -0.104. The Labute approximate surface area is 151 Å². The molecule has 0 saturated carbocycles. The van der Waals surface area contributed by atoms with E-state index in [1.807, 2.05) is 13.8 Å². The lowest BCUT2D eigenvalue weighted by molar-refractivity contribution is 0.0918. The van der Waals surface area contributed by atoms with Crippen molar-refractivity contribution in [2.75, 3.05) is 13.2 Å². The number of hydrogen-bond donors (Lipinski definition) is 1. The number of carbonyl (C=O) groups is 1. The first-order valence-electron chi connectivity index (χ1n) is 8.53. The van der Waals surface area contributed by atoms with Crippen molar-refractivity contribution in [1.82, 2.24) is 20.0 Å². The second-order valence-corrected chi connectivity index (χ2v) is 6.87. The highest BCUT2D eigenvalue weighted by atomic mass is 16.5. The summed E-state index contributed by atoms with van der Waals surface area (Å²) in [6, 6.07) is 0. The molecule has 0 aromatic carbocycles. The van der Waals surface area contributed by atoms with Crippen LogP contribution >= 0.6 is 0 Å². The first-order valence-corrected chi connectivity index (χ1v) is 8.53. The van der Waals surface area contributed by atoms with Gasteiger partial charge in [-0.25, -0.2) is 9.78 Å². The van der Waals surface area contributed by atoms with Gasteiger partial charge in [-0.1, -0.05) is 27.7 Å². The van der Waals surface area contributed by atoms with Crippen LogP contribution in [-0.2, 0) is 0 Å². The first kappa shape index (κ1) is 20.7. The number of rotatable bonds is 6. The zero-order valence-corrected chi connectivity index (χ0v) is 16.3. The quantitative estimate of drug-likeness (QED) is 0.853. The second-order valence-electron chi connectivity index (χ2n) is 6.87. The van der Waals surface area contributed by atoms with Crippen LogP contribution in [0.25, 0.3) is 0 Å². The van der Waals surface area contributed by atoms with Crippen molar-refractivity contribution in [2.24, 2.45) is 11.8 Å². The van der Waals surface area contributed by atoms with Gasteiger partial charge in [0.25, 0.3) is 0 Å². The fraction of sp³-hybridized carbons (Fsp3) is 0.611. The van der Waals surface area contributed by atoms with Gasteiger partial charge in [-0.15, -0.1) is 5.10 Å². The lowest BCUT2D eigenvalue weighted by atomic mass is 10.2. The highest BCUT2D eigenvalue weighted by molar-refractivity contribution is 5.75. The summed E-state index contributed by atoms with van der Waals surface area (Å²) in [6.45, 7) is 15.0. The van der Waals surface area contributed by atoms with Crippen LogP contribution in [0, 0.1) is 25.7 Å². The molecule has 7 heteroatoms. The van der Waals surface area contributed by atoms with E-state index in [1.54, 1.807) is 12.4 Å². The molecule has 2 heterocycles. The summed E-state index contributed by atoms with van der Waals surface area (Å²) >= 11 is 0. The van der Waals surface area contributed by atoms with E-state index in [0.29, 0.717) is 24.3 Å². The van der Waals surface area contributed by atoms with Gasteiger partial charge in [0.05, 0.1) is 19.4 Å². The van der Waals surface area contributed by atoms with E-state index in [2.05, 4.69) is 43.0 Å². The molecule has 0 saturated heterocycles. The summed E-state index contributed by atoms with van der Waals surface area (Å²) in [4.78, 5) is 11.0. The Balaban J connectivity index is 0.000000475. The lowest BCUT2D eigenvalue weighted by Crippen LogP contribution is -2.08. The van der Waals surface area contributed by atoms with Gasteiger partial charge in [-0.05, 0) is 25.7 Å². The molecule has 2 aromatic rings. The average Bonchev–Trinajstić information content (AvgIpc) is 3.09. The van der Waals surface area contributed by atoms with Gasteiger partial charge in [-0.3, -0.25) is 4.79 Å². The van der Waals surface area contributed by atoms with Crippen molar-refractivity contribution in [1.29, 1.82) is 0 Å². The van der Waals surface area contributed by atoms with E-state index in [9.17, 15) is 4.79 Å². The Morgan fingerprint density at radius 3 is 2.20 bits per heavy atom. The summed E-state index contributed by atoms with van der Waals surface area (Å²) in [5, 5.41) is 10.7. The van der Waals surface area contributed by atoms with Crippen molar-refractivity contribution in [3.05, 3.63) is 23.5 Å². The number of hydrogen-bond acceptors (Lipinski definition) is 5. The first-order chi connectivity index (χ1) is 11.7. The molecule has 0 unspecified atom stereocenters. The molecule has 0 bridgehead atoms. The molecule has 25 heavy (non-hydrogen) atoms. The topological polar surface area (TPSA) is 82.0 Å². The Morgan fingerprint density at radius 2 is 1.76 bits per heavy atom. The van der Waals surface area contributed by atoms with Crippen LogP contribution in [0.4, 0.5) is 0 Å².